The highest BCUT2D eigenvalue weighted by Crippen LogP contribution is 2.30. The summed E-state index contributed by atoms with van der Waals surface area (Å²) in [6.07, 6.45) is 0.943. The molecule has 17 heavy (non-hydrogen) atoms. The van der Waals surface area contributed by atoms with Crippen molar-refractivity contribution < 1.29 is 5.11 Å². The average Bonchev–Trinajstić information content (AvgIpc) is 2.31. The van der Waals surface area contributed by atoms with Crippen LogP contribution in [0.1, 0.15) is 18.1 Å². The SMILES string of the molecule is Bc1ccc(-c2cc(CC)c(C)cc2O)nn1. The van der Waals surface area contributed by atoms with Gasteiger partial charge in [-0.05, 0) is 48.7 Å². The molecule has 1 aromatic heterocycles. The number of aromatic nitrogens is 2. The van der Waals surface area contributed by atoms with Crippen molar-refractivity contribution >= 4 is 13.4 Å². The fourth-order valence-electron chi connectivity index (χ4n) is 1.87. The molecule has 86 valence electrons. The van der Waals surface area contributed by atoms with E-state index in [9.17, 15) is 5.11 Å². The van der Waals surface area contributed by atoms with Gasteiger partial charge in [0.15, 0.2) is 7.85 Å². The minimum atomic E-state index is 0.262. The molecule has 0 aliphatic rings. The maximum atomic E-state index is 9.97. The van der Waals surface area contributed by atoms with Gasteiger partial charge in [-0.15, -0.1) is 0 Å². The molecule has 0 unspecified atom stereocenters. The molecular formula is C13H15BN2O. The smallest absolute Gasteiger partial charge is 0.166 e. The zero-order chi connectivity index (χ0) is 12.4. The van der Waals surface area contributed by atoms with Gasteiger partial charge in [0.05, 0.1) is 5.69 Å². The second-order valence-electron chi connectivity index (χ2n) is 4.21. The van der Waals surface area contributed by atoms with E-state index in [1.807, 2.05) is 33.0 Å². The maximum Gasteiger partial charge on any atom is 0.166 e. The number of rotatable bonds is 2. The first-order valence-electron chi connectivity index (χ1n) is 5.75. The van der Waals surface area contributed by atoms with Crippen LogP contribution in [0.4, 0.5) is 0 Å². The topological polar surface area (TPSA) is 46.0 Å². The number of benzene rings is 1. The number of nitrogens with zero attached hydrogens (tertiary/aromatic N) is 2. The predicted octanol–water partition coefficient (Wildman–Crippen LogP) is 0.978. The fraction of sp³-hybridized carbons (Fsp3) is 0.231. The number of aromatic hydroxyl groups is 1. The third-order valence-electron chi connectivity index (χ3n) is 2.91. The van der Waals surface area contributed by atoms with Crippen molar-refractivity contribution in [2.75, 3.05) is 0 Å². The van der Waals surface area contributed by atoms with Gasteiger partial charge in [-0.1, -0.05) is 6.92 Å². The molecule has 1 aromatic carbocycles. The summed E-state index contributed by atoms with van der Waals surface area (Å²) in [5, 5.41) is 18.1. The van der Waals surface area contributed by atoms with Gasteiger partial charge in [-0.25, -0.2) is 0 Å². The lowest BCUT2D eigenvalue weighted by molar-refractivity contribution is 0.476. The second kappa shape index (κ2) is 4.57. The van der Waals surface area contributed by atoms with Crippen LogP contribution in [0, 0.1) is 6.92 Å². The fourth-order valence-corrected chi connectivity index (χ4v) is 1.87. The Morgan fingerprint density at radius 2 is 2.00 bits per heavy atom. The first-order valence-corrected chi connectivity index (χ1v) is 5.75. The first-order chi connectivity index (χ1) is 8.11. The Hall–Kier alpha value is -1.84. The number of phenols is 1. The summed E-state index contributed by atoms with van der Waals surface area (Å²) < 4.78 is 0. The molecule has 0 fully saturated rings. The average molecular weight is 226 g/mol. The predicted molar refractivity (Wildman–Crippen MR) is 71.4 cm³/mol. The van der Waals surface area contributed by atoms with Gasteiger partial charge < -0.3 is 5.11 Å². The van der Waals surface area contributed by atoms with E-state index in [0.29, 0.717) is 5.69 Å². The van der Waals surface area contributed by atoms with Crippen molar-refractivity contribution in [3.05, 3.63) is 35.4 Å². The molecule has 1 N–H and O–H groups in total. The summed E-state index contributed by atoms with van der Waals surface area (Å²) in [6.45, 7) is 4.10. The third kappa shape index (κ3) is 2.30. The molecule has 0 bridgehead atoms. The minimum Gasteiger partial charge on any atom is -0.507 e. The van der Waals surface area contributed by atoms with Crippen LogP contribution in [0.5, 0.6) is 5.75 Å². The molecule has 3 nitrogen and oxygen atoms in total. The van der Waals surface area contributed by atoms with Gasteiger partial charge in [0.2, 0.25) is 0 Å². The highest BCUT2D eigenvalue weighted by atomic mass is 16.3. The van der Waals surface area contributed by atoms with Crippen LogP contribution in [-0.4, -0.2) is 23.2 Å². The van der Waals surface area contributed by atoms with Crippen molar-refractivity contribution in [1.29, 1.82) is 0 Å². The molecule has 0 spiro atoms. The van der Waals surface area contributed by atoms with Gasteiger partial charge in [-0.3, -0.25) is 0 Å². The third-order valence-corrected chi connectivity index (χ3v) is 2.91. The molecule has 0 aliphatic carbocycles. The lowest BCUT2D eigenvalue weighted by Crippen LogP contribution is -2.09. The van der Waals surface area contributed by atoms with Crippen LogP contribution in [0.2, 0.25) is 0 Å². The highest BCUT2D eigenvalue weighted by molar-refractivity contribution is 6.30. The molecule has 2 rings (SSSR count). The summed E-state index contributed by atoms with van der Waals surface area (Å²) in [4.78, 5) is 0. The van der Waals surface area contributed by atoms with E-state index in [1.54, 1.807) is 6.07 Å². The Kier molecular flexibility index (Phi) is 3.13. The number of hydrogen-bond donors (Lipinski definition) is 1. The second-order valence-corrected chi connectivity index (χ2v) is 4.21. The van der Waals surface area contributed by atoms with Gasteiger partial charge in [-0.2, -0.15) is 10.2 Å². The molecule has 0 atom stereocenters. The van der Waals surface area contributed by atoms with Crippen LogP contribution in [0.25, 0.3) is 11.3 Å². The molecule has 0 radical (unpaired) electrons. The Bertz CT molecular complexity index is 538. The van der Waals surface area contributed by atoms with Gasteiger partial charge in [0.25, 0.3) is 0 Å². The lowest BCUT2D eigenvalue weighted by atomic mass is 9.99. The Balaban J connectivity index is 2.55. The van der Waals surface area contributed by atoms with Crippen LogP contribution in [0.3, 0.4) is 0 Å². The van der Waals surface area contributed by atoms with E-state index in [1.165, 1.54) is 5.56 Å². The molecule has 1 heterocycles. The summed E-state index contributed by atoms with van der Waals surface area (Å²) >= 11 is 0. The van der Waals surface area contributed by atoms with Gasteiger partial charge >= 0.3 is 0 Å². The van der Waals surface area contributed by atoms with Crippen molar-refractivity contribution in [2.45, 2.75) is 20.3 Å². The van der Waals surface area contributed by atoms with E-state index in [4.69, 9.17) is 0 Å². The van der Waals surface area contributed by atoms with E-state index in [2.05, 4.69) is 17.1 Å². The van der Waals surface area contributed by atoms with E-state index >= 15 is 0 Å². The van der Waals surface area contributed by atoms with Crippen LogP contribution in [0.15, 0.2) is 24.3 Å². The van der Waals surface area contributed by atoms with Crippen molar-refractivity contribution in [1.82, 2.24) is 10.2 Å². The van der Waals surface area contributed by atoms with Gasteiger partial charge in [0, 0.05) is 11.2 Å². The molecule has 0 saturated carbocycles. The maximum absolute atomic E-state index is 9.97. The number of aryl methyl sites for hydroxylation is 2. The monoisotopic (exact) mass is 226 g/mol. The molecular weight excluding hydrogens is 211 g/mol. The van der Waals surface area contributed by atoms with Crippen LogP contribution >= 0.6 is 0 Å². The van der Waals surface area contributed by atoms with Crippen molar-refractivity contribution in [3.8, 4) is 17.0 Å². The molecule has 4 heteroatoms. The van der Waals surface area contributed by atoms with Crippen LogP contribution in [-0.2, 0) is 6.42 Å². The summed E-state index contributed by atoms with van der Waals surface area (Å²) in [6, 6.07) is 7.55. The summed E-state index contributed by atoms with van der Waals surface area (Å²) in [5.41, 5.74) is 4.66. The summed E-state index contributed by atoms with van der Waals surface area (Å²) in [5.74, 6) is 0.262. The van der Waals surface area contributed by atoms with E-state index < -0.39 is 0 Å². The molecule has 0 aliphatic heterocycles. The van der Waals surface area contributed by atoms with Crippen LogP contribution < -0.4 is 5.59 Å². The number of phenolic OH excluding ortho intramolecular Hbond substituents is 1. The Labute approximate surface area is 102 Å². The first kappa shape index (κ1) is 11.6. The quantitative estimate of drug-likeness (QED) is 0.776. The summed E-state index contributed by atoms with van der Waals surface area (Å²) in [7, 11) is 1.89. The van der Waals surface area contributed by atoms with Crippen molar-refractivity contribution in [2.24, 2.45) is 0 Å². The molecule has 2 aromatic rings. The molecule has 0 amide bonds. The van der Waals surface area contributed by atoms with E-state index in [-0.39, 0.29) is 5.75 Å². The lowest BCUT2D eigenvalue weighted by Gasteiger charge is -2.09. The van der Waals surface area contributed by atoms with Crippen molar-refractivity contribution in [3.63, 3.8) is 0 Å². The van der Waals surface area contributed by atoms with Gasteiger partial charge in [0.1, 0.15) is 5.75 Å². The molecule has 0 saturated heterocycles. The normalized spacial score (nSPS) is 10.5. The standard InChI is InChI=1S/C13H15BN2O/c1-3-9-7-10(12(17)6-8(9)2)11-4-5-13(14)16-15-11/h4-7,17H,3,14H2,1-2H3. The zero-order valence-electron chi connectivity index (χ0n) is 10.4. The minimum absolute atomic E-state index is 0.262. The highest BCUT2D eigenvalue weighted by Gasteiger charge is 2.09. The Morgan fingerprint density at radius 3 is 2.59 bits per heavy atom. The number of hydrogen-bond acceptors (Lipinski definition) is 3. The largest absolute Gasteiger partial charge is 0.507 e. The zero-order valence-corrected chi connectivity index (χ0v) is 10.4. The Morgan fingerprint density at radius 1 is 1.24 bits per heavy atom. The van der Waals surface area contributed by atoms with E-state index in [0.717, 1.165) is 23.1 Å².